The maximum absolute atomic E-state index is 3.55. The summed E-state index contributed by atoms with van der Waals surface area (Å²) in [4.78, 5) is 1.38. The summed E-state index contributed by atoms with van der Waals surface area (Å²) in [5.41, 5.74) is 0.276. The van der Waals surface area contributed by atoms with Crippen LogP contribution in [0.5, 0.6) is 0 Å². The van der Waals surface area contributed by atoms with E-state index >= 15 is 0 Å². The predicted molar refractivity (Wildman–Crippen MR) is 75.6 cm³/mol. The minimum atomic E-state index is 0.276. The Morgan fingerprint density at radius 2 is 2.07 bits per heavy atom. The molecule has 0 radical (unpaired) electrons. The second-order valence-corrected chi connectivity index (χ2v) is 7.59. The van der Waals surface area contributed by atoms with E-state index in [4.69, 9.17) is 0 Å². The lowest BCUT2D eigenvalue weighted by Gasteiger charge is -2.32. The topological polar surface area (TPSA) is 12.0 Å². The van der Waals surface area contributed by atoms with E-state index < -0.39 is 0 Å². The summed E-state index contributed by atoms with van der Waals surface area (Å²) in [5, 5.41) is 3.42. The fraction of sp³-hybridized carbons (Fsp3) is 0.636. The Bertz CT molecular complexity index is 314. The summed E-state index contributed by atoms with van der Waals surface area (Å²) >= 11 is 8.88. The molecule has 4 heteroatoms. The maximum atomic E-state index is 3.55. The normalized spacial score (nSPS) is 14.3. The largest absolute Gasteiger partial charge is 0.312 e. The Kier molecular flexibility index (Phi) is 4.84. The van der Waals surface area contributed by atoms with Crippen molar-refractivity contribution in [2.75, 3.05) is 7.05 Å². The average Bonchev–Trinajstić information content (AvgIpc) is 2.47. The summed E-state index contributed by atoms with van der Waals surface area (Å²) < 4.78 is 2.32. The van der Waals surface area contributed by atoms with Crippen molar-refractivity contribution in [3.8, 4) is 0 Å². The van der Waals surface area contributed by atoms with Gasteiger partial charge in [-0.1, -0.05) is 20.8 Å². The van der Waals surface area contributed by atoms with Crippen LogP contribution >= 0.6 is 43.2 Å². The van der Waals surface area contributed by atoms with Gasteiger partial charge in [0.1, 0.15) is 0 Å². The van der Waals surface area contributed by atoms with E-state index in [1.54, 1.807) is 11.3 Å². The molecule has 0 aliphatic heterocycles. The average molecular weight is 355 g/mol. The minimum absolute atomic E-state index is 0.276. The highest BCUT2D eigenvalue weighted by molar-refractivity contribution is 9.13. The standard InChI is InChI=1S/C11H17Br2NS/c1-5-11(2,3)9(14-4)8-6-7(12)10(13)15-8/h6,9,14H,5H2,1-4H3. The smallest absolute Gasteiger partial charge is 0.0843 e. The lowest BCUT2D eigenvalue weighted by Crippen LogP contribution is -2.30. The number of rotatable bonds is 4. The van der Waals surface area contributed by atoms with Crippen molar-refractivity contribution in [3.63, 3.8) is 0 Å². The third kappa shape index (κ3) is 3.05. The van der Waals surface area contributed by atoms with Gasteiger partial charge in [-0.2, -0.15) is 0 Å². The first-order valence-electron chi connectivity index (χ1n) is 5.04. The fourth-order valence-corrected chi connectivity index (χ4v) is 4.04. The molecule has 1 aromatic rings. The van der Waals surface area contributed by atoms with Crippen LogP contribution in [0.15, 0.2) is 14.3 Å². The number of nitrogens with one attached hydrogen (secondary N) is 1. The molecule has 0 aliphatic rings. The van der Waals surface area contributed by atoms with Crippen LogP contribution in [0.3, 0.4) is 0 Å². The molecular formula is C11H17Br2NS. The second kappa shape index (κ2) is 5.30. The van der Waals surface area contributed by atoms with Gasteiger partial charge in [-0.15, -0.1) is 11.3 Å². The number of hydrogen-bond donors (Lipinski definition) is 1. The Balaban J connectivity index is 3.02. The molecule has 1 rings (SSSR count). The lowest BCUT2D eigenvalue weighted by atomic mass is 9.81. The first kappa shape index (κ1) is 13.7. The van der Waals surface area contributed by atoms with E-state index in [9.17, 15) is 0 Å². The summed E-state index contributed by atoms with van der Waals surface area (Å²) in [5.74, 6) is 0. The van der Waals surface area contributed by atoms with E-state index in [1.807, 2.05) is 7.05 Å². The van der Waals surface area contributed by atoms with E-state index in [0.717, 1.165) is 10.9 Å². The quantitative estimate of drug-likeness (QED) is 0.804. The first-order valence-corrected chi connectivity index (χ1v) is 7.44. The van der Waals surface area contributed by atoms with E-state index in [1.165, 1.54) is 8.66 Å². The Labute approximate surface area is 113 Å². The summed E-state index contributed by atoms with van der Waals surface area (Å²) in [6.45, 7) is 6.84. The molecule has 1 N–H and O–H groups in total. The van der Waals surface area contributed by atoms with Crippen molar-refractivity contribution in [2.24, 2.45) is 5.41 Å². The highest BCUT2D eigenvalue weighted by Crippen LogP contribution is 2.42. The molecule has 1 nitrogen and oxygen atoms in total. The van der Waals surface area contributed by atoms with Crippen molar-refractivity contribution >= 4 is 43.2 Å². The van der Waals surface area contributed by atoms with Crippen LogP contribution in [0, 0.1) is 5.41 Å². The van der Waals surface area contributed by atoms with Crippen LogP contribution in [0.2, 0.25) is 0 Å². The lowest BCUT2D eigenvalue weighted by molar-refractivity contribution is 0.249. The van der Waals surface area contributed by atoms with Crippen molar-refractivity contribution in [1.29, 1.82) is 0 Å². The van der Waals surface area contributed by atoms with Crippen molar-refractivity contribution in [3.05, 3.63) is 19.2 Å². The molecule has 0 fully saturated rings. The van der Waals surface area contributed by atoms with Crippen LogP contribution in [-0.4, -0.2) is 7.05 Å². The van der Waals surface area contributed by atoms with Gasteiger partial charge >= 0.3 is 0 Å². The van der Waals surface area contributed by atoms with Gasteiger partial charge < -0.3 is 5.32 Å². The van der Waals surface area contributed by atoms with Gasteiger partial charge in [0.05, 0.1) is 3.79 Å². The summed E-state index contributed by atoms with van der Waals surface area (Å²) in [6.07, 6.45) is 1.16. The van der Waals surface area contributed by atoms with Gasteiger partial charge in [-0.25, -0.2) is 0 Å². The molecule has 1 unspecified atom stereocenters. The van der Waals surface area contributed by atoms with Crippen molar-refractivity contribution in [1.82, 2.24) is 5.32 Å². The Hall–Kier alpha value is 0.620. The van der Waals surface area contributed by atoms with Gasteiger partial charge in [0.25, 0.3) is 0 Å². The second-order valence-electron chi connectivity index (χ2n) is 4.33. The third-order valence-corrected chi connectivity index (χ3v) is 6.25. The first-order chi connectivity index (χ1) is 6.92. The molecule has 0 saturated heterocycles. The maximum Gasteiger partial charge on any atom is 0.0843 e. The minimum Gasteiger partial charge on any atom is -0.312 e. The number of thiophene rings is 1. The Morgan fingerprint density at radius 1 is 1.47 bits per heavy atom. The fourth-order valence-electron chi connectivity index (χ4n) is 1.63. The highest BCUT2D eigenvalue weighted by Gasteiger charge is 2.29. The number of halogens is 2. The van der Waals surface area contributed by atoms with Gasteiger partial charge in [0, 0.05) is 15.4 Å². The predicted octanol–water partition coefficient (Wildman–Crippen LogP) is 4.97. The van der Waals surface area contributed by atoms with Crippen molar-refractivity contribution in [2.45, 2.75) is 33.2 Å². The zero-order valence-corrected chi connectivity index (χ0v) is 13.5. The van der Waals surface area contributed by atoms with Crippen LogP contribution in [0.1, 0.15) is 38.1 Å². The number of hydrogen-bond acceptors (Lipinski definition) is 2. The van der Waals surface area contributed by atoms with Crippen molar-refractivity contribution < 1.29 is 0 Å². The third-order valence-electron chi connectivity index (χ3n) is 2.93. The van der Waals surface area contributed by atoms with E-state index in [2.05, 4.69) is 64.0 Å². The van der Waals surface area contributed by atoms with Crippen LogP contribution in [0.4, 0.5) is 0 Å². The van der Waals surface area contributed by atoms with E-state index in [-0.39, 0.29) is 5.41 Å². The molecule has 86 valence electrons. The molecule has 0 amide bonds. The molecule has 0 aliphatic carbocycles. The highest BCUT2D eigenvalue weighted by atomic mass is 79.9. The van der Waals surface area contributed by atoms with Gasteiger partial charge in [-0.3, -0.25) is 0 Å². The molecule has 0 bridgehead atoms. The molecule has 0 saturated carbocycles. The summed E-state index contributed by atoms with van der Waals surface area (Å²) in [6, 6.07) is 2.61. The molecule has 15 heavy (non-hydrogen) atoms. The van der Waals surface area contributed by atoms with E-state index in [0.29, 0.717) is 6.04 Å². The van der Waals surface area contributed by atoms with Crippen LogP contribution in [0.25, 0.3) is 0 Å². The SMILES string of the molecule is CCC(C)(C)C(NC)c1cc(Br)c(Br)s1. The zero-order valence-electron chi connectivity index (χ0n) is 9.53. The van der Waals surface area contributed by atoms with Gasteiger partial charge in [-0.05, 0) is 56.8 Å². The van der Waals surface area contributed by atoms with Gasteiger partial charge in [0.2, 0.25) is 0 Å². The molecule has 0 aromatic carbocycles. The van der Waals surface area contributed by atoms with Crippen LogP contribution < -0.4 is 5.32 Å². The summed E-state index contributed by atoms with van der Waals surface area (Å²) in [7, 11) is 2.03. The molecule has 1 aromatic heterocycles. The molecule has 1 atom stereocenters. The monoisotopic (exact) mass is 353 g/mol. The Morgan fingerprint density at radius 3 is 2.40 bits per heavy atom. The van der Waals surface area contributed by atoms with Crippen LogP contribution in [-0.2, 0) is 0 Å². The molecule has 1 heterocycles. The molecule has 0 spiro atoms. The zero-order chi connectivity index (χ0) is 11.6. The molecular weight excluding hydrogens is 338 g/mol. The van der Waals surface area contributed by atoms with Gasteiger partial charge in [0.15, 0.2) is 0 Å².